The molecule has 0 spiro atoms. The normalized spacial score (nSPS) is 11.2. The molecule has 0 aliphatic rings. The molecule has 1 heterocycles. The van der Waals surface area contributed by atoms with Crippen molar-refractivity contribution in [2.45, 2.75) is 18.6 Å². The summed E-state index contributed by atoms with van der Waals surface area (Å²) in [6.07, 6.45) is 1.09. The van der Waals surface area contributed by atoms with Crippen molar-refractivity contribution in [1.29, 1.82) is 0 Å². The number of hydrogen-bond donors (Lipinski definition) is 2. The minimum atomic E-state index is -3.36. The van der Waals surface area contributed by atoms with Crippen LogP contribution in [0.2, 0.25) is 0 Å². The van der Waals surface area contributed by atoms with Gasteiger partial charge < -0.3 is 10.1 Å². The third-order valence-electron chi connectivity index (χ3n) is 4.18. The van der Waals surface area contributed by atoms with E-state index in [1.807, 2.05) is 41.8 Å². The van der Waals surface area contributed by atoms with Gasteiger partial charge in [0, 0.05) is 17.9 Å². The first-order valence-corrected chi connectivity index (χ1v) is 12.2. The highest BCUT2D eigenvalue weighted by molar-refractivity contribution is 7.99. The van der Waals surface area contributed by atoms with Gasteiger partial charge in [-0.05, 0) is 48.9 Å². The number of thioether (sulfide) groups is 1. The Morgan fingerprint density at radius 2 is 1.90 bits per heavy atom. The number of rotatable bonds is 9. The molecule has 31 heavy (non-hydrogen) atoms. The largest absolute Gasteiger partial charge is 0.497 e. The van der Waals surface area contributed by atoms with Crippen molar-refractivity contribution in [3.63, 3.8) is 0 Å². The van der Waals surface area contributed by atoms with Crippen molar-refractivity contribution in [3.05, 3.63) is 59.9 Å². The predicted molar refractivity (Wildman–Crippen MR) is 120 cm³/mol. The summed E-state index contributed by atoms with van der Waals surface area (Å²) in [6, 6.07) is 14.4. The van der Waals surface area contributed by atoms with E-state index >= 15 is 0 Å². The second kappa shape index (κ2) is 9.84. The Hall–Kier alpha value is -3.05. The maximum atomic E-state index is 12.3. The van der Waals surface area contributed by atoms with Crippen LogP contribution >= 0.6 is 11.8 Å². The van der Waals surface area contributed by atoms with Crippen LogP contribution in [-0.2, 0) is 21.4 Å². The maximum absolute atomic E-state index is 12.3. The molecule has 0 atom stereocenters. The van der Waals surface area contributed by atoms with E-state index < -0.39 is 10.0 Å². The molecule has 3 aromatic rings. The lowest BCUT2D eigenvalue weighted by Crippen LogP contribution is -2.24. The number of aromatic nitrogens is 3. The summed E-state index contributed by atoms with van der Waals surface area (Å²) in [5.41, 5.74) is 2.11. The number of anilines is 1. The van der Waals surface area contributed by atoms with Crippen LogP contribution in [0.5, 0.6) is 5.75 Å². The van der Waals surface area contributed by atoms with Crippen molar-refractivity contribution in [2.24, 2.45) is 0 Å². The molecule has 0 saturated carbocycles. The predicted octanol–water partition coefficient (Wildman–Crippen LogP) is 2.36. The van der Waals surface area contributed by atoms with Crippen molar-refractivity contribution < 1.29 is 17.9 Å². The van der Waals surface area contributed by atoms with Crippen molar-refractivity contribution >= 4 is 33.4 Å². The van der Waals surface area contributed by atoms with Crippen LogP contribution in [0.4, 0.5) is 5.69 Å². The minimum Gasteiger partial charge on any atom is -0.497 e. The van der Waals surface area contributed by atoms with E-state index in [4.69, 9.17) is 4.74 Å². The van der Waals surface area contributed by atoms with E-state index in [0.717, 1.165) is 23.3 Å². The number of hydrogen-bond acceptors (Lipinski definition) is 7. The number of methoxy groups -OCH3 is 1. The molecule has 0 aliphatic carbocycles. The fourth-order valence-electron chi connectivity index (χ4n) is 2.81. The summed E-state index contributed by atoms with van der Waals surface area (Å²) >= 11 is 1.28. The van der Waals surface area contributed by atoms with Gasteiger partial charge in [0.05, 0.1) is 19.1 Å². The quantitative estimate of drug-likeness (QED) is 0.470. The molecule has 0 aliphatic heterocycles. The Balaban J connectivity index is 1.59. The Kier molecular flexibility index (Phi) is 7.18. The lowest BCUT2D eigenvalue weighted by atomic mass is 10.2. The number of sulfonamides is 1. The molecular formula is C20H23N5O4S2. The van der Waals surface area contributed by atoms with E-state index in [1.54, 1.807) is 25.3 Å². The van der Waals surface area contributed by atoms with E-state index in [2.05, 4.69) is 20.2 Å². The summed E-state index contributed by atoms with van der Waals surface area (Å²) in [6.45, 7) is 2.13. The SMILES string of the molecule is COc1ccc(-n2c(C)nnc2SCC(=O)NCc2cccc(NS(C)(=O)=O)c2)cc1. The molecule has 1 aromatic heterocycles. The van der Waals surface area contributed by atoms with Gasteiger partial charge in [0.1, 0.15) is 11.6 Å². The van der Waals surface area contributed by atoms with Gasteiger partial charge in [-0.2, -0.15) is 0 Å². The Morgan fingerprint density at radius 1 is 1.16 bits per heavy atom. The molecule has 0 bridgehead atoms. The smallest absolute Gasteiger partial charge is 0.230 e. The molecule has 0 fully saturated rings. The second-order valence-electron chi connectivity index (χ2n) is 6.70. The summed E-state index contributed by atoms with van der Waals surface area (Å²) in [4.78, 5) is 12.3. The third kappa shape index (κ3) is 6.46. The van der Waals surface area contributed by atoms with Gasteiger partial charge in [0.2, 0.25) is 15.9 Å². The molecule has 2 aromatic carbocycles. The number of carbonyl (C=O) groups excluding carboxylic acids is 1. The monoisotopic (exact) mass is 461 g/mol. The zero-order chi connectivity index (χ0) is 22.4. The molecule has 164 valence electrons. The fourth-order valence-corrected chi connectivity index (χ4v) is 4.19. The first-order valence-electron chi connectivity index (χ1n) is 9.28. The van der Waals surface area contributed by atoms with Crippen LogP contribution in [0.25, 0.3) is 5.69 Å². The Morgan fingerprint density at radius 3 is 2.58 bits per heavy atom. The second-order valence-corrected chi connectivity index (χ2v) is 9.39. The van der Waals surface area contributed by atoms with Crippen LogP contribution in [0.3, 0.4) is 0 Å². The van der Waals surface area contributed by atoms with Gasteiger partial charge in [0.25, 0.3) is 0 Å². The summed E-state index contributed by atoms with van der Waals surface area (Å²) in [7, 11) is -1.75. The van der Waals surface area contributed by atoms with Crippen molar-refractivity contribution in [1.82, 2.24) is 20.1 Å². The number of nitrogens with one attached hydrogen (secondary N) is 2. The highest BCUT2D eigenvalue weighted by atomic mass is 32.2. The van der Waals surface area contributed by atoms with Gasteiger partial charge in [-0.15, -0.1) is 10.2 Å². The van der Waals surface area contributed by atoms with Crippen molar-refractivity contribution in [3.8, 4) is 11.4 Å². The molecule has 0 radical (unpaired) electrons. The van der Waals surface area contributed by atoms with Gasteiger partial charge in [-0.25, -0.2) is 8.42 Å². The van der Waals surface area contributed by atoms with Gasteiger partial charge in [0.15, 0.2) is 5.16 Å². The number of aryl methyl sites for hydroxylation is 1. The average Bonchev–Trinajstić information content (AvgIpc) is 3.10. The number of nitrogens with zero attached hydrogens (tertiary/aromatic N) is 3. The minimum absolute atomic E-state index is 0.162. The Bertz CT molecular complexity index is 1160. The molecule has 1 amide bonds. The summed E-state index contributed by atoms with van der Waals surface area (Å²) in [5.74, 6) is 1.45. The first kappa shape index (κ1) is 22.6. The average molecular weight is 462 g/mol. The highest BCUT2D eigenvalue weighted by Crippen LogP contribution is 2.23. The summed E-state index contributed by atoms with van der Waals surface area (Å²) in [5, 5.41) is 11.7. The molecule has 2 N–H and O–H groups in total. The first-order chi connectivity index (χ1) is 14.7. The zero-order valence-corrected chi connectivity index (χ0v) is 19.0. The highest BCUT2D eigenvalue weighted by Gasteiger charge is 2.13. The van der Waals surface area contributed by atoms with Gasteiger partial charge >= 0.3 is 0 Å². The third-order valence-corrected chi connectivity index (χ3v) is 5.71. The number of ether oxygens (including phenoxy) is 1. The zero-order valence-electron chi connectivity index (χ0n) is 17.3. The maximum Gasteiger partial charge on any atom is 0.230 e. The van der Waals surface area contributed by atoms with Gasteiger partial charge in [-0.1, -0.05) is 23.9 Å². The lowest BCUT2D eigenvalue weighted by molar-refractivity contribution is -0.118. The van der Waals surface area contributed by atoms with Gasteiger partial charge in [-0.3, -0.25) is 14.1 Å². The molecule has 3 rings (SSSR count). The molecule has 9 nitrogen and oxygen atoms in total. The fraction of sp³-hybridized carbons (Fsp3) is 0.250. The van der Waals surface area contributed by atoms with E-state index in [0.29, 0.717) is 16.7 Å². The van der Waals surface area contributed by atoms with Crippen molar-refractivity contribution in [2.75, 3.05) is 23.8 Å². The standard InChI is InChI=1S/C20H23N5O4S2/c1-14-22-23-20(25(14)17-7-9-18(29-2)10-8-17)30-13-19(26)21-12-15-5-4-6-16(11-15)24-31(3,27)28/h4-11,24H,12-13H2,1-3H3,(H,21,26). The van der Waals surface area contributed by atoms with Crippen LogP contribution in [0.1, 0.15) is 11.4 Å². The molecule has 0 unspecified atom stereocenters. The number of benzene rings is 2. The van der Waals surface area contributed by atoms with E-state index in [-0.39, 0.29) is 18.2 Å². The Labute approximate surface area is 185 Å². The van der Waals surface area contributed by atoms with Crippen LogP contribution in [-0.4, -0.2) is 48.2 Å². The van der Waals surface area contributed by atoms with E-state index in [9.17, 15) is 13.2 Å². The summed E-state index contributed by atoms with van der Waals surface area (Å²) < 4.78 is 32.2. The number of carbonyl (C=O) groups is 1. The van der Waals surface area contributed by atoms with Crippen LogP contribution in [0, 0.1) is 6.92 Å². The lowest BCUT2D eigenvalue weighted by Gasteiger charge is -2.10. The molecular weight excluding hydrogens is 438 g/mol. The molecule has 11 heteroatoms. The van der Waals surface area contributed by atoms with E-state index in [1.165, 1.54) is 11.8 Å². The molecule has 0 saturated heterocycles. The van der Waals surface area contributed by atoms with Crippen LogP contribution in [0.15, 0.2) is 53.7 Å². The number of amides is 1. The topological polar surface area (TPSA) is 115 Å². The van der Waals surface area contributed by atoms with Crippen LogP contribution < -0.4 is 14.8 Å².